The van der Waals surface area contributed by atoms with Crippen LogP contribution in [0.4, 0.5) is 0 Å². The van der Waals surface area contributed by atoms with Crippen LogP contribution in [-0.4, -0.2) is 36.8 Å². The molecule has 5 nitrogen and oxygen atoms in total. The standard InChI is InChI=1S/C16H22N2O3/c19-16(13-3-1-9-20-11-13)18-14-4-2-10-21-15(14)12-5-7-17-8-6-12/h5-8,13-15H,1-4,9-11H2,(H,18,19)/t13-,14-,15+/m0/s1. The topological polar surface area (TPSA) is 60.5 Å². The molecule has 3 atom stereocenters. The van der Waals surface area contributed by atoms with Crippen molar-refractivity contribution in [1.29, 1.82) is 0 Å². The second kappa shape index (κ2) is 7.00. The first-order chi connectivity index (χ1) is 10.3. The fraction of sp³-hybridized carbons (Fsp3) is 0.625. The summed E-state index contributed by atoms with van der Waals surface area (Å²) in [5, 5.41) is 3.17. The highest BCUT2D eigenvalue weighted by Gasteiger charge is 2.31. The van der Waals surface area contributed by atoms with E-state index in [4.69, 9.17) is 9.47 Å². The molecule has 0 aliphatic carbocycles. The van der Waals surface area contributed by atoms with E-state index in [0.29, 0.717) is 6.61 Å². The average Bonchev–Trinajstić information content (AvgIpc) is 2.57. The minimum Gasteiger partial charge on any atom is -0.381 e. The molecule has 0 aromatic carbocycles. The molecule has 21 heavy (non-hydrogen) atoms. The van der Waals surface area contributed by atoms with Crippen molar-refractivity contribution in [3.63, 3.8) is 0 Å². The maximum atomic E-state index is 12.4. The van der Waals surface area contributed by atoms with Gasteiger partial charge in [0.2, 0.25) is 5.91 Å². The zero-order valence-electron chi connectivity index (χ0n) is 12.2. The average molecular weight is 290 g/mol. The van der Waals surface area contributed by atoms with Gasteiger partial charge in [-0.25, -0.2) is 0 Å². The van der Waals surface area contributed by atoms with E-state index in [2.05, 4.69) is 10.3 Å². The van der Waals surface area contributed by atoms with Crippen LogP contribution in [0.3, 0.4) is 0 Å². The third-order valence-corrected chi connectivity index (χ3v) is 4.22. The number of nitrogens with one attached hydrogen (secondary N) is 1. The summed E-state index contributed by atoms with van der Waals surface area (Å²) in [6, 6.07) is 3.95. The van der Waals surface area contributed by atoms with Crippen molar-refractivity contribution < 1.29 is 14.3 Å². The van der Waals surface area contributed by atoms with Gasteiger partial charge in [0.15, 0.2) is 0 Å². The zero-order chi connectivity index (χ0) is 14.5. The van der Waals surface area contributed by atoms with E-state index in [0.717, 1.165) is 44.5 Å². The molecule has 0 saturated carbocycles. The highest BCUT2D eigenvalue weighted by atomic mass is 16.5. The van der Waals surface area contributed by atoms with Crippen molar-refractivity contribution in [2.24, 2.45) is 5.92 Å². The molecule has 5 heteroatoms. The van der Waals surface area contributed by atoms with E-state index in [9.17, 15) is 4.79 Å². The predicted molar refractivity (Wildman–Crippen MR) is 77.6 cm³/mol. The van der Waals surface area contributed by atoms with Crippen LogP contribution in [0, 0.1) is 5.92 Å². The van der Waals surface area contributed by atoms with Gasteiger partial charge in [-0.2, -0.15) is 0 Å². The van der Waals surface area contributed by atoms with Gasteiger partial charge in [0, 0.05) is 25.6 Å². The largest absolute Gasteiger partial charge is 0.381 e. The van der Waals surface area contributed by atoms with Gasteiger partial charge < -0.3 is 14.8 Å². The molecule has 2 fully saturated rings. The summed E-state index contributed by atoms with van der Waals surface area (Å²) in [6.07, 6.45) is 7.27. The molecule has 0 unspecified atom stereocenters. The Balaban J connectivity index is 1.65. The van der Waals surface area contributed by atoms with Crippen molar-refractivity contribution in [3.8, 4) is 0 Å². The minimum absolute atomic E-state index is 0.0150. The number of aromatic nitrogens is 1. The van der Waals surface area contributed by atoms with Crippen molar-refractivity contribution in [1.82, 2.24) is 10.3 Å². The van der Waals surface area contributed by atoms with Gasteiger partial charge in [0.25, 0.3) is 0 Å². The van der Waals surface area contributed by atoms with Gasteiger partial charge in [0.1, 0.15) is 6.10 Å². The lowest BCUT2D eigenvalue weighted by atomic mass is 9.95. The molecule has 2 aliphatic rings. The summed E-state index contributed by atoms with van der Waals surface area (Å²) in [5.41, 5.74) is 1.08. The maximum absolute atomic E-state index is 12.4. The molecule has 3 rings (SSSR count). The lowest BCUT2D eigenvalue weighted by Gasteiger charge is -2.34. The van der Waals surface area contributed by atoms with Gasteiger partial charge in [-0.1, -0.05) is 0 Å². The maximum Gasteiger partial charge on any atom is 0.225 e. The summed E-state index contributed by atoms with van der Waals surface area (Å²) < 4.78 is 11.3. The highest BCUT2D eigenvalue weighted by molar-refractivity contribution is 5.79. The molecular weight excluding hydrogens is 268 g/mol. The molecule has 1 aromatic rings. The number of carbonyl (C=O) groups excluding carboxylic acids is 1. The number of nitrogens with zero attached hydrogens (tertiary/aromatic N) is 1. The van der Waals surface area contributed by atoms with E-state index < -0.39 is 0 Å². The van der Waals surface area contributed by atoms with Gasteiger partial charge >= 0.3 is 0 Å². The van der Waals surface area contributed by atoms with E-state index in [1.807, 2.05) is 12.1 Å². The van der Waals surface area contributed by atoms with Crippen LogP contribution in [0.25, 0.3) is 0 Å². The minimum atomic E-state index is -0.0739. The monoisotopic (exact) mass is 290 g/mol. The van der Waals surface area contributed by atoms with Gasteiger partial charge in [0.05, 0.1) is 18.6 Å². The van der Waals surface area contributed by atoms with Crippen LogP contribution in [0.15, 0.2) is 24.5 Å². The number of pyridine rings is 1. The summed E-state index contributed by atoms with van der Waals surface area (Å²) in [5.74, 6) is 0.0861. The fourth-order valence-electron chi connectivity index (χ4n) is 3.06. The molecule has 1 N–H and O–H groups in total. The zero-order valence-corrected chi connectivity index (χ0v) is 12.2. The first kappa shape index (κ1) is 14.5. The number of amides is 1. The van der Waals surface area contributed by atoms with Gasteiger partial charge in [-0.15, -0.1) is 0 Å². The lowest BCUT2D eigenvalue weighted by molar-refractivity contribution is -0.132. The van der Waals surface area contributed by atoms with E-state index in [-0.39, 0.29) is 24.0 Å². The Kier molecular flexibility index (Phi) is 4.83. The number of ether oxygens (including phenoxy) is 2. The summed E-state index contributed by atoms with van der Waals surface area (Å²) in [6.45, 7) is 2.06. The molecular formula is C16H22N2O3. The summed E-state index contributed by atoms with van der Waals surface area (Å²) >= 11 is 0. The Hall–Kier alpha value is -1.46. The molecule has 1 aromatic heterocycles. The molecule has 2 saturated heterocycles. The SMILES string of the molecule is O=C(N[C@H]1CCCO[C@@H]1c1ccncc1)[C@H]1CCCOC1. The normalized spacial score (nSPS) is 29.8. The molecule has 114 valence electrons. The highest BCUT2D eigenvalue weighted by Crippen LogP contribution is 2.28. The third kappa shape index (κ3) is 3.60. The van der Waals surface area contributed by atoms with Gasteiger partial charge in [-0.05, 0) is 43.4 Å². The molecule has 1 amide bonds. The van der Waals surface area contributed by atoms with Crippen LogP contribution >= 0.6 is 0 Å². The Labute approximate surface area is 125 Å². The van der Waals surface area contributed by atoms with E-state index in [1.165, 1.54) is 0 Å². The predicted octanol–water partition coefficient (Wildman–Crippen LogP) is 1.84. The molecule has 3 heterocycles. The second-order valence-corrected chi connectivity index (χ2v) is 5.74. The summed E-state index contributed by atoms with van der Waals surface area (Å²) in [4.78, 5) is 16.4. The van der Waals surface area contributed by atoms with Crippen LogP contribution in [0.2, 0.25) is 0 Å². The molecule has 0 spiro atoms. The summed E-state index contributed by atoms with van der Waals surface area (Å²) in [7, 11) is 0. The van der Waals surface area contributed by atoms with E-state index >= 15 is 0 Å². The number of hydrogen-bond acceptors (Lipinski definition) is 4. The van der Waals surface area contributed by atoms with Crippen molar-refractivity contribution in [2.45, 2.75) is 37.8 Å². The number of carbonyl (C=O) groups is 1. The first-order valence-electron chi connectivity index (χ1n) is 7.74. The smallest absolute Gasteiger partial charge is 0.225 e. The van der Waals surface area contributed by atoms with Crippen molar-refractivity contribution in [2.75, 3.05) is 19.8 Å². The molecule has 0 radical (unpaired) electrons. The Bertz CT molecular complexity index is 460. The lowest BCUT2D eigenvalue weighted by Crippen LogP contribution is -2.46. The fourth-order valence-corrected chi connectivity index (χ4v) is 3.06. The van der Waals surface area contributed by atoms with Gasteiger partial charge in [-0.3, -0.25) is 9.78 Å². The molecule has 0 bridgehead atoms. The van der Waals surface area contributed by atoms with Crippen LogP contribution in [-0.2, 0) is 14.3 Å². The van der Waals surface area contributed by atoms with Crippen molar-refractivity contribution in [3.05, 3.63) is 30.1 Å². The third-order valence-electron chi connectivity index (χ3n) is 4.22. The van der Waals surface area contributed by atoms with Crippen LogP contribution in [0.5, 0.6) is 0 Å². The van der Waals surface area contributed by atoms with Crippen molar-refractivity contribution >= 4 is 5.91 Å². The number of rotatable bonds is 3. The Morgan fingerprint density at radius 1 is 1.19 bits per heavy atom. The second-order valence-electron chi connectivity index (χ2n) is 5.74. The van der Waals surface area contributed by atoms with Crippen LogP contribution in [0.1, 0.15) is 37.4 Å². The van der Waals surface area contributed by atoms with E-state index in [1.54, 1.807) is 12.4 Å². The quantitative estimate of drug-likeness (QED) is 0.923. The van der Waals surface area contributed by atoms with Crippen LogP contribution < -0.4 is 5.32 Å². The first-order valence-corrected chi connectivity index (χ1v) is 7.74. The Morgan fingerprint density at radius 2 is 2.00 bits per heavy atom. The molecule has 2 aliphatic heterocycles. The Morgan fingerprint density at radius 3 is 2.76 bits per heavy atom. The number of hydrogen-bond donors (Lipinski definition) is 1.